The third-order valence-corrected chi connectivity index (χ3v) is 3.42. The van der Waals surface area contributed by atoms with E-state index in [-0.39, 0.29) is 10.8 Å². The van der Waals surface area contributed by atoms with E-state index in [4.69, 9.17) is 44.3 Å². The van der Waals surface area contributed by atoms with Gasteiger partial charge >= 0.3 is 0 Å². The lowest BCUT2D eigenvalue weighted by Gasteiger charge is -2.21. The summed E-state index contributed by atoms with van der Waals surface area (Å²) in [5.41, 5.74) is 0. The molecule has 18 heavy (non-hydrogen) atoms. The van der Waals surface area contributed by atoms with Gasteiger partial charge in [0.15, 0.2) is 23.0 Å². The van der Waals surface area contributed by atoms with Crippen molar-refractivity contribution in [2.45, 2.75) is 0 Å². The van der Waals surface area contributed by atoms with Gasteiger partial charge in [-0.15, -0.1) is 0 Å². The van der Waals surface area contributed by atoms with Crippen LogP contribution in [0.4, 0.5) is 4.39 Å². The van der Waals surface area contributed by atoms with Crippen LogP contribution in [-0.4, -0.2) is 0 Å². The number of rotatable bonds is 0. The van der Waals surface area contributed by atoms with Crippen LogP contribution < -0.4 is 9.47 Å². The average Bonchev–Trinajstić information content (AvgIpc) is 2.31. The van der Waals surface area contributed by atoms with Gasteiger partial charge in [-0.1, -0.05) is 34.8 Å². The van der Waals surface area contributed by atoms with Crippen LogP contribution in [0.5, 0.6) is 23.0 Å². The molecule has 1 aliphatic rings. The second-order valence-corrected chi connectivity index (χ2v) is 4.85. The minimum atomic E-state index is -0.581. The van der Waals surface area contributed by atoms with Crippen molar-refractivity contribution in [3.8, 4) is 23.0 Å². The van der Waals surface area contributed by atoms with E-state index in [1.54, 1.807) is 0 Å². The van der Waals surface area contributed by atoms with Gasteiger partial charge < -0.3 is 9.47 Å². The van der Waals surface area contributed by atoms with E-state index in [1.165, 1.54) is 18.2 Å². The molecular weight excluding hydrogens is 301 g/mol. The van der Waals surface area contributed by atoms with Gasteiger partial charge in [0.2, 0.25) is 0 Å². The Kier molecular flexibility index (Phi) is 2.77. The molecule has 2 aromatic rings. The van der Waals surface area contributed by atoms with Crippen LogP contribution in [0.1, 0.15) is 0 Å². The smallest absolute Gasteiger partial charge is 0.173 e. The first-order valence-electron chi connectivity index (χ1n) is 4.88. The molecule has 0 amide bonds. The summed E-state index contributed by atoms with van der Waals surface area (Å²) in [4.78, 5) is 0. The van der Waals surface area contributed by atoms with Crippen LogP contribution in [0.2, 0.25) is 15.1 Å². The van der Waals surface area contributed by atoms with Gasteiger partial charge in [0.05, 0.1) is 15.1 Å². The Hall–Kier alpha value is -1.16. The molecule has 0 unspecified atom stereocenters. The maximum Gasteiger partial charge on any atom is 0.173 e. The monoisotopic (exact) mass is 304 g/mol. The summed E-state index contributed by atoms with van der Waals surface area (Å²) >= 11 is 17.4. The number of fused-ring (bicyclic) bond motifs is 2. The largest absolute Gasteiger partial charge is 0.449 e. The molecule has 0 atom stereocenters. The highest BCUT2D eigenvalue weighted by molar-refractivity contribution is 6.42. The quantitative estimate of drug-likeness (QED) is 0.531. The van der Waals surface area contributed by atoms with Gasteiger partial charge in [-0.05, 0) is 0 Å². The first-order chi connectivity index (χ1) is 8.54. The highest BCUT2D eigenvalue weighted by Crippen LogP contribution is 2.48. The minimum Gasteiger partial charge on any atom is -0.449 e. The lowest BCUT2D eigenvalue weighted by Crippen LogP contribution is -1.99. The molecule has 0 radical (unpaired) electrons. The van der Waals surface area contributed by atoms with Gasteiger partial charge in [-0.3, -0.25) is 0 Å². The molecule has 0 spiro atoms. The molecule has 0 saturated carbocycles. The molecule has 2 nitrogen and oxygen atoms in total. The lowest BCUT2D eigenvalue weighted by molar-refractivity contribution is 0.357. The van der Waals surface area contributed by atoms with Crippen molar-refractivity contribution in [2.75, 3.05) is 0 Å². The topological polar surface area (TPSA) is 18.5 Å². The molecule has 0 fully saturated rings. The fourth-order valence-electron chi connectivity index (χ4n) is 1.58. The van der Waals surface area contributed by atoms with Crippen LogP contribution in [0.15, 0.2) is 24.3 Å². The van der Waals surface area contributed by atoms with Crippen molar-refractivity contribution < 1.29 is 13.9 Å². The Morgan fingerprint density at radius 2 is 1.06 bits per heavy atom. The molecule has 1 heterocycles. The van der Waals surface area contributed by atoms with Gasteiger partial charge in [0, 0.05) is 24.3 Å². The fourth-order valence-corrected chi connectivity index (χ4v) is 2.04. The van der Waals surface area contributed by atoms with E-state index in [1.807, 2.05) is 0 Å². The molecule has 0 N–H and O–H groups in total. The summed E-state index contributed by atoms with van der Waals surface area (Å²) in [5, 5.41) is 0.633. The maximum atomic E-state index is 13.3. The normalized spacial score (nSPS) is 12.2. The zero-order valence-electron chi connectivity index (χ0n) is 8.64. The Balaban J connectivity index is 2.12. The predicted octanol–water partition coefficient (Wildman–Crippen LogP) is 5.68. The molecule has 1 aliphatic heterocycles. The van der Waals surface area contributed by atoms with Gasteiger partial charge in [-0.2, -0.15) is 0 Å². The lowest BCUT2D eigenvalue weighted by atomic mass is 10.2. The number of hydrogen-bond acceptors (Lipinski definition) is 2. The standard InChI is InChI=1S/C12H4Cl3FO2/c13-5-1-9-10(2-6(5)14)18-12-4-8(16)7(15)3-11(12)17-9/h1-4H. The zero-order chi connectivity index (χ0) is 12.9. The highest BCUT2D eigenvalue weighted by atomic mass is 35.5. The van der Waals surface area contributed by atoms with Gasteiger partial charge in [-0.25, -0.2) is 4.39 Å². The van der Waals surface area contributed by atoms with Crippen LogP contribution >= 0.6 is 34.8 Å². The number of hydrogen-bond donors (Lipinski definition) is 0. The summed E-state index contributed by atoms with van der Waals surface area (Å²) < 4.78 is 24.3. The van der Waals surface area contributed by atoms with Crippen LogP contribution in [0.3, 0.4) is 0 Å². The van der Waals surface area contributed by atoms with E-state index in [2.05, 4.69) is 0 Å². The molecule has 6 heteroatoms. The number of ether oxygens (including phenoxy) is 2. The second kappa shape index (κ2) is 4.19. The summed E-state index contributed by atoms with van der Waals surface area (Å²) in [6.45, 7) is 0. The average molecular weight is 306 g/mol. The third kappa shape index (κ3) is 1.88. The summed E-state index contributed by atoms with van der Waals surface area (Å²) in [7, 11) is 0. The number of halogens is 4. The van der Waals surface area contributed by atoms with Crippen LogP contribution in [0.25, 0.3) is 0 Å². The van der Waals surface area contributed by atoms with E-state index >= 15 is 0 Å². The Morgan fingerprint density at radius 3 is 1.56 bits per heavy atom. The van der Waals surface area contributed by atoms with Gasteiger partial charge in [0.25, 0.3) is 0 Å². The highest BCUT2D eigenvalue weighted by Gasteiger charge is 2.22. The van der Waals surface area contributed by atoms with Crippen LogP contribution in [-0.2, 0) is 0 Å². The molecule has 2 aromatic carbocycles. The Bertz CT molecular complexity index is 547. The minimum absolute atomic E-state index is 0.0409. The molecule has 0 bridgehead atoms. The summed E-state index contributed by atoms with van der Waals surface area (Å²) in [5.74, 6) is 0.760. The maximum absolute atomic E-state index is 13.3. The summed E-state index contributed by atoms with van der Waals surface area (Å²) in [6, 6.07) is 5.54. The van der Waals surface area contributed by atoms with E-state index in [9.17, 15) is 4.39 Å². The van der Waals surface area contributed by atoms with Crippen molar-refractivity contribution in [1.29, 1.82) is 0 Å². The number of benzene rings is 2. The Morgan fingerprint density at radius 1 is 0.667 bits per heavy atom. The molecular formula is C12H4Cl3FO2. The third-order valence-electron chi connectivity index (χ3n) is 2.41. The second-order valence-electron chi connectivity index (χ2n) is 3.63. The first-order valence-corrected chi connectivity index (χ1v) is 6.02. The molecule has 0 aliphatic carbocycles. The van der Waals surface area contributed by atoms with E-state index < -0.39 is 5.82 Å². The van der Waals surface area contributed by atoms with E-state index in [0.29, 0.717) is 27.3 Å². The predicted molar refractivity (Wildman–Crippen MR) is 68.0 cm³/mol. The van der Waals surface area contributed by atoms with Gasteiger partial charge in [0.1, 0.15) is 5.82 Å². The Labute approximate surface area is 117 Å². The fraction of sp³-hybridized carbons (Fsp3) is 0. The van der Waals surface area contributed by atoms with Crippen molar-refractivity contribution in [1.82, 2.24) is 0 Å². The van der Waals surface area contributed by atoms with Crippen molar-refractivity contribution in [3.63, 3.8) is 0 Å². The van der Waals surface area contributed by atoms with E-state index in [0.717, 1.165) is 6.07 Å². The zero-order valence-corrected chi connectivity index (χ0v) is 10.9. The molecule has 0 aromatic heterocycles. The SMILES string of the molecule is Fc1cc2c(cc1Cl)Oc1cc(Cl)c(Cl)cc1O2. The van der Waals surface area contributed by atoms with Crippen LogP contribution in [0, 0.1) is 5.82 Å². The first kappa shape index (κ1) is 11.9. The molecule has 3 rings (SSSR count). The van der Waals surface area contributed by atoms with Crippen molar-refractivity contribution >= 4 is 34.8 Å². The molecule has 0 saturated heterocycles. The summed E-state index contributed by atoms with van der Waals surface area (Å²) in [6.07, 6.45) is 0. The van der Waals surface area contributed by atoms with Crippen molar-refractivity contribution in [3.05, 3.63) is 45.2 Å². The van der Waals surface area contributed by atoms with Crippen molar-refractivity contribution in [2.24, 2.45) is 0 Å². The molecule has 92 valence electrons.